The number of ether oxygens (including phenoxy) is 1. The van der Waals surface area contributed by atoms with Gasteiger partial charge in [0.2, 0.25) is 0 Å². The highest BCUT2D eigenvalue weighted by Crippen LogP contribution is 2.25. The first kappa shape index (κ1) is 19.0. The van der Waals surface area contributed by atoms with E-state index in [1.165, 1.54) is 43.3 Å². The van der Waals surface area contributed by atoms with Gasteiger partial charge in [-0.1, -0.05) is 35.3 Å². The van der Waals surface area contributed by atoms with Crippen LogP contribution in [-0.4, -0.2) is 18.0 Å². The lowest BCUT2D eigenvalue weighted by Gasteiger charge is -2.13. The molecule has 1 N–H and O–H groups in total. The van der Waals surface area contributed by atoms with Crippen LogP contribution in [0, 0.1) is 5.82 Å². The standard InChI is InChI=1S/C18H14Cl2FNO3/c1-11(18(24)22-16-8-5-13(19)10-15(16)20)25-17(23)9-4-12-2-6-14(21)7-3-12/h2-11H,1H3,(H,22,24)/b9-4+/t11-/m0/s1. The molecule has 2 aromatic carbocycles. The second kappa shape index (κ2) is 8.65. The summed E-state index contributed by atoms with van der Waals surface area (Å²) in [5.41, 5.74) is 0.990. The van der Waals surface area contributed by atoms with Gasteiger partial charge in [-0.25, -0.2) is 9.18 Å². The first-order chi connectivity index (χ1) is 11.8. The average Bonchev–Trinajstić information content (AvgIpc) is 2.56. The fourth-order valence-electron chi connectivity index (χ4n) is 1.83. The molecule has 0 bridgehead atoms. The summed E-state index contributed by atoms with van der Waals surface area (Å²) >= 11 is 11.8. The molecule has 0 radical (unpaired) electrons. The van der Waals surface area contributed by atoms with E-state index in [0.29, 0.717) is 16.3 Å². The normalized spacial score (nSPS) is 12.0. The van der Waals surface area contributed by atoms with E-state index >= 15 is 0 Å². The maximum atomic E-state index is 12.8. The van der Waals surface area contributed by atoms with Gasteiger partial charge in [0.15, 0.2) is 6.10 Å². The number of amides is 1. The van der Waals surface area contributed by atoms with Crippen molar-refractivity contribution in [2.75, 3.05) is 5.32 Å². The third-order valence-electron chi connectivity index (χ3n) is 3.13. The highest BCUT2D eigenvalue weighted by atomic mass is 35.5. The van der Waals surface area contributed by atoms with Gasteiger partial charge in [-0.2, -0.15) is 0 Å². The SMILES string of the molecule is C[C@H](OC(=O)/C=C/c1ccc(F)cc1)C(=O)Nc1ccc(Cl)cc1Cl. The molecule has 1 atom stereocenters. The van der Waals surface area contributed by atoms with E-state index in [-0.39, 0.29) is 10.8 Å². The molecule has 0 spiro atoms. The third-order valence-corrected chi connectivity index (χ3v) is 3.68. The Morgan fingerprint density at radius 2 is 1.84 bits per heavy atom. The molecule has 0 saturated carbocycles. The summed E-state index contributed by atoms with van der Waals surface area (Å²) < 4.78 is 17.8. The predicted molar refractivity (Wildman–Crippen MR) is 96.1 cm³/mol. The first-order valence-corrected chi connectivity index (χ1v) is 8.01. The number of hydrogen-bond acceptors (Lipinski definition) is 3. The lowest BCUT2D eigenvalue weighted by atomic mass is 10.2. The van der Waals surface area contributed by atoms with E-state index in [1.807, 2.05) is 0 Å². The van der Waals surface area contributed by atoms with Crippen LogP contribution in [0.4, 0.5) is 10.1 Å². The van der Waals surface area contributed by atoms with Crippen molar-refractivity contribution in [2.45, 2.75) is 13.0 Å². The van der Waals surface area contributed by atoms with Crippen molar-refractivity contribution in [1.29, 1.82) is 0 Å². The van der Waals surface area contributed by atoms with Crippen LogP contribution in [0.15, 0.2) is 48.5 Å². The second-order valence-corrected chi connectivity index (χ2v) is 5.92. The van der Waals surface area contributed by atoms with Gasteiger partial charge in [-0.15, -0.1) is 0 Å². The lowest BCUT2D eigenvalue weighted by molar-refractivity contribution is -0.148. The summed E-state index contributed by atoms with van der Waals surface area (Å²) in [4.78, 5) is 23.8. The molecule has 130 valence electrons. The summed E-state index contributed by atoms with van der Waals surface area (Å²) in [5.74, 6) is -1.60. The Bertz CT molecular complexity index is 806. The Labute approximate surface area is 154 Å². The summed E-state index contributed by atoms with van der Waals surface area (Å²) in [6.07, 6.45) is 1.59. The van der Waals surface area contributed by atoms with Gasteiger partial charge in [-0.3, -0.25) is 4.79 Å². The van der Waals surface area contributed by atoms with Crippen LogP contribution in [0.3, 0.4) is 0 Å². The maximum Gasteiger partial charge on any atom is 0.331 e. The molecule has 1 amide bonds. The van der Waals surface area contributed by atoms with Crippen LogP contribution in [0.1, 0.15) is 12.5 Å². The van der Waals surface area contributed by atoms with Crippen molar-refractivity contribution in [3.63, 3.8) is 0 Å². The molecule has 0 aromatic heterocycles. The first-order valence-electron chi connectivity index (χ1n) is 7.25. The molecule has 25 heavy (non-hydrogen) atoms. The molecule has 0 aliphatic carbocycles. The van der Waals surface area contributed by atoms with Crippen LogP contribution >= 0.6 is 23.2 Å². The van der Waals surface area contributed by atoms with Crippen LogP contribution in [-0.2, 0) is 14.3 Å². The molecule has 7 heteroatoms. The Balaban J connectivity index is 1.91. The van der Waals surface area contributed by atoms with E-state index in [0.717, 1.165) is 6.08 Å². The molecule has 0 saturated heterocycles. The van der Waals surface area contributed by atoms with E-state index in [1.54, 1.807) is 12.1 Å². The number of benzene rings is 2. The fraction of sp³-hybridized carbons (Fsp3) is 0.111. The molecule has 4 nitrogen and oxygen atoms in total. The summed E-state index contributed by atoms with van der Waals surface area (Å²) in [6, 6.07) is 10.2. The van der Waals surface area contributed by atoms with Crippen molar-refractivity contribution >= 4 is 46.8 Å². The largest absolute Gasteiger partial charge is 0.449 e. The Morgan fingerprint density at radius 1 is 1.16 bits per heavy atom. The van der Waals surface area contributed by atoms with E-state index in [4.69, 9.17) is 27.9 Å². The van der Waals surface area contributed by atoms with Gasteiger partial charge in [0.05, 0.1) is 10.7 Å². The number of carbonyl (C=O) groups is 2. The Kier molecular flexibility index (Phi) is 6.56. The zero-order chi connectivity index (χ0) is 18.4. The highest BCUT2D eigenvalue weighted by Gasteiger charge is 2.17. The van der Waals surface area contributed by atoms with Crippen molar-refractivity contribution in [1.82, 2.24) is 0 Å². The predicted octanol–water partition coefficient (Wildman–Crippen LogP) is 4.72. The van der Waals surface area contributed by atoms with Crippen molar-refractivity contribution < 1.29 is 18.7 Å². The lowest BCUT2D eigenvalue weighted by Crippen LogP contribution is -2.29. The molecule has 0 aliphatic heterocycles. The molecule has 0 aliphatic rings. The van der Waals surface area contributed by atoms with Crippen LogP contribution in [0.25, 0.3) is 6.08 Å². The fourth-order valence-corrected chi connectivity index (χ4v) is 2.29. The van der Waals surface area contributed by atoms with Crippen LogP contribution in [0.2, 0.25) is 10.0 Å². The summed E-state index contributed by atoms with van der Waals surface area (Å²) in [5, 5.41) is 3.26. The van der Waals surface area contributed by atoms with Gasteiger partial charge in [0, 0.05) is 11.1 Å². The minimum Gasteiger partial charge on any atom is -0.449 e. The maximum absolute atomic E-state index is 12.8. The van der Waals surface area contributed by atoms with Gasteiger partial charge >= 0.3 is 5.97 Å². The highest BCUT2D eigenvalue weighted by molar-refractivity contribution is 6.36. The van der Waals surface area contributed by atoms with Gasteiger partial charge in [0.25, 0.3) is 5.91 Å². The van der Waals surface area contributed by atoms with Crippen molar-refractivity contribution in [3.8, 4) is 0 Å². The average molecular weight is 382 g/mol. The van der Waals surface area contributed by atoms with Crippen molar-refractivity contribution in [3.05, 3.63) is 70.0 Å². The number of esters is 1. The molecule has 0 heterocycles. The third kappa shape index (κ3) is 5.89. The molecule has 2 rings (SSSR count). The van der Waals surface area contributed by atoms with Crippen LogP contribution < -0.4 is 5.32 Å². The van der Waals surface area contributed by atoms with E-state index in [9.17, 15) is 14.0 Å². The number of nitrogens with one attached hydrogen (secondary N) is 1. The number of anilines is 1. The second-order valence-electron chi connectivity index (χ2n) is 5.08. The number of hydrogen-bond donors (Lipinski definition) is 1. The number of carbonyl (C=O) groups excluding carboxylic acids is 2. The smallest absolute Gasteiger partial charge is 0.331 e. The van der Waals surface area contributed by atoms with Crippen molar-refractivity contribution in [2.24, 2.45) is 0 Å². The minimum absolute atomic E-state index is 0.274. The van der Waals surface area contributed by atoms with Crippen LogP contribution in [0.5, 0.6) is 0 Å². The van der Waals surface area contributed by atoms with E-state index < -0.39 is 18.0 Å². The minimum atomic E-state index is -1.03. The Morgan fingerprint density at radius 3 is 2.48 bits per heavy atom. The number of rotatable bonds is 5. The Hall–Kier alpha value is -2.37. The molecule has 0 unspecified atom stereocenters. The van der Waals surface area contributed by atoms with Gasteiger partial charge < -0.3 is 10.1 Å². The summed E-state index contributed by atoms with van der Waals surface area (Å²) in [7, 11) is 0. The topological polar surface area (TPSA) is 55.4 Å². The zero-order valence-corrected chi connectivity index (χ0v) is 14.6. The number of halogens is 3. The molecular formula is C18H14Cl2FNO3. The van der Waals surface area contributed by atoms with Gasteiger partial charge in [0.1, 0.15) is 5.82 Å². The van der Waals surface area contributed by atoms with E-state index in [2.05, 4.69) is 5.32 Å². The zero-order valence-electron chi connectivity index (χ0n) is 13.1. The molecular weight excluding hydrogens is 368 g/mol. The quantitative estimate of drug-likeness (QED) is 0.602. The summed E-state index contributed by atoms with van der Waals surface area (Å²) in [6.45, 7) is 1.43. The van der Waals surface area contributed by atoms with Gasteiger partial charge in [-0.05, 0) is 48.9 Å². The molecule has 0 fully saturated rings. The monoisotopic (exact) mass is 381 g/mol. The molecule has 2 aromatic rings.